The highest BCUT2D eigenvalue weighted by Crippen LogP contribution is 2.43. The number of furan rings is 1. The van der Waals surface area contributed by atoms with Gasteiger partial charge in [0.05, 0.1) is 43.0 Å². The number of hydrogen-bond acceptors (Lipinski definition) is 5. The zero-order valence-corrected chi connectivity index (χ0v) is 21.6. The van der Waals surface area contributed by atoms with E-state index in [1.807, 2.05) is 13.8 Å². The minimum Gasteiger partial charge on any atom is -0.459 e. The Hall–Kier alpha value is -4.05. The lowest BCUT2D eigenvalue weighted by Gasteiger charge is -2.21. The molecule has 8 nitrogen and oxygen atoms in total. The lowest BCUT2D eigenvalue weighted by molar-refractivity contribution is -0.122. The van der Waals surface area contributed by atoms with Gasteiger partial charge in [0, 0.05) is 23.7 Å². The Morgan fingerprint density at radius 1 is 1.16 bits per heavy atom. The predicted molar refractivity (Wildman–Crippen MR) is 137 cm³/mol. The van der Waals surface area contributed by atoms with Crippen molar-refractivity contribution in [2.24, 2.45) is 0 Å². The number of methoxy groups -OCH3 is 1. The fourth-order valence-corrected chi connectivity index (χ4v) is 4.84. The second-order valence-electron chi connectivity index (χ2n) is 9.89. The van der Waals surface area contributed by atoms with Gasteiger partial charge in [-0.1, -0.05) is 6.07 Å². The summed E-state index contributed by atoms with van der Waals surface area (Å²) in [6.45, 7) is 5.94. The number of hydrogen-bond donors (Lipinski definition) is 1. The predicted octanol–water partition coefficient (Wildman–Crippen LogP) is 4.62. The van der Waals surface area contributed by atoms with Gasteiger partial charge in [-0.05, 0) is 62.7 Å². The molecule has 5 rings (SSSR count). The number of fused-ring (bicyclic) bond motifs is 2. The van der Waals surface area contributed by atoms with Crippen LogP contribution in [-0.2, 0) is 34.6 Å². The van der Waals surface area contributed by atoms with Gasteiger partial charge < -0.3 is 19.4 Å². The third-order valence-electron chi connectivity index (χ3n) is 6.92. The van der Waals surface area contributed by atoms with Gasteiger partial charge in [0.1, 0.15) is 17.2 Å². The molecule has 0 saturated heterocycles. The first-order valence-electron chi connectivity index (χ1n) is 12.2. The van der Waals surface area contributed by atoms with Crippen LogP contribution in [0.15, 0.2) is 46.9 Å². The third-order valence-corrected chi connectivity index (χ3v) is 6.92. The summed E-state index contributed by atoms with van der Waals surface area (Å²) >= 11 is 0. The van der Waals surface area contributed by atoms with E-state index < -0.39 is 11.2 Å². The van der Waals surface area contributed by atoms with E-state index in [4.69, 9.17) is 9.15 Å². The van der Waals surface area contributed by atoms with E-state index in [2.05, 4.69) is 10.4 Å². The lowest BCUT2D eigenvalue weighted by atomic mass is 9.86. The van der Waals surface area contributed by atoms with Gasteiger partial charge in [0.25, 0.3) is 5.91 Å². The molecule has 0 saturated carbocycles. The van der Waals surface area contributed by atoms with Crippen LogP contribution in [0.25, 0.3) is 11.0 Å². The minimum absolute atomic E-state index is 0.0354. The fraction of sp³-hybridized carbons (Fsp3) is 0.321. The second-order valence-corrected chi connectivity index (χ2v) is 9.89. The molecular weight excluding hydrogens is 494 g/mol. The highest BCUT2D eigenvalue weighted by molar-refractivity contribution is 6.08. The average molecular weight is 523 g/mol. The smallest absolute Gasteiger partial charge is 0.251 e. The maximum absolute atomic E-state index is 15.0. The summed E-state index contributed by atoms with van der Waals surface area (Å²) in [5, 5.41) is 7.67. The summed E-state index contributed by atoms with van der Waals surface area (Å²) in [5.41, 5.74) is 1.82. The first-order valence-corrected chi connectivity index (χ1v) is 12.2. The normalized spacial score (nSPS) is 14.4. The van der Waals surface area contributed by atoms with E-state index in [9.17, 15) is 14.0 Å². The standard InChI is InChI=1S/C28H28F2N4O4/c1-16-25(30)23(34(32-16)9-10-37-4)15-33-22-13-17(5-7-21(22)28(2,3)27(33)36)26(35)31-14-20-12-18-11-19(29)6-8-24(18)38-20/h5-8,11-13H,9-10,14-15H2,1-4H3,(H,31,35). The number of carbonyl (C=O) groups excluding carboxylic acids is 2. The molecule has 0 bridgehead atoms. The van der Waals surface area contributed by atoms with Crippen molar-refractivity contribution in [2.45, 2.75) is 45.8 Å². The Morgan fingerprint density at radius 2 is 1.95 bits per heavy atom. The molecule has 198 valence electrons. The molecule has 0 spiro atoms. The van der Waals surface area contributed by atoms with Crippen LogP contribution < -0.4 is 10.2 Å². The van der Waals surface area contributed by atoms with Crippen molar-refractivity contribution >= 4 is 28.5 Å². The molecule has 3 heterocycles. The molecule has 1 aliphatic rings. The quantitative estimate of drug-likeness (QED) is 0.365. The Balaban J connectivity index is 1.40. The molecule has 38 heavy (non-hydrogen) atoms. The van der Waals surface area contributed by atoms with E-state index in [-0.39, 0.29) is 42.1 Å². The third kappa shape index (κ3) is 4.45. The molecule has 0 radical (unpaired) electrons. The largest absolute Gasteiger partial charge is 0.459 e. The number of halogens is 2. The summed E-state index contributed by atoms with van der Waals surface area (Å²) < 4.78 is 40.8. The van der Waals surface area contributed by atoms with Crippen LogP contribution in [0.3, 0.4) is 0 Å². The Labute approximate surface area is 218 Å². The molecule has 0 unspecified atom stereocenters. The topological polar surface area (TPSA) is 89.6 Å². The number of amides is 2. The SMILES string of the molecule is COCCn1nc(C)c(F)c1CN1C(=O)C(C)(C)c2ccc(C(=O)NCc3cc4cc(F)ccc4o3)cc21. The molecule has 2 aromatic heterocycles. The maximum Gasteiger partial charge on any atom is 0.251 e. The van der Waals surface area contributed by atoms with Crippen molar-refractivity contribution in [3.8, 4) is 0 Å². The highest BCUT2D eigenvalue weighted by atomic mass is 19.1. The van der Waals surface area contributed by atoms with Gasteiger partial charge in [0.2, 0.25) is 5.91 Å². The number of aryl methyl sites for hydroxylation is 1. The number of carbonyl (C=O) groups is 2. The first-order chi connectivity index (χ1) is 18.1. The number of ether oxygens (including phenoxy) is 1. The van der Waals surface area contributed by atoms with Crippen LogP contribution in [0.1, 0.15) is 46.9 Å². The molecular formula is C28H28F2N4O4. The molecule has 1 N–H and O–H groups in total. The zero-order chi connectivity index (χ0) is 27.2. The van der Waals surface area contributed by atoms with Gasteiger partial charge in [-0.25, -0.2) is 8.78 Å². The number of nitrogens with zero attached hydrogens (tertiary/aromatic N) is 3. The molecule has 2 amide bonds. The van der Waals surface area contributed by atoms with E-state index >= 15 is 4.39 Å². The van der Waals surface area contributed by atoms with Crippen LogP contribution in [-0.4, -0.2) is 35.3 Å². The number of nitrogens with one attached hydrogen (secondary N) is 1. The van der Waals surface area contributed by atoms with Crippen LogP contribution in [0.2, 0.25) is 0 Å². The molecule has 0 fully saturated rings. The van der Waals surface area contributed by atoms with Crippen LogP contribution >= 0.6 is 0 Å². The first kappa shape index (κ1) is 25.6. The van der Waals surface area contributed by atoms with Gasteiger partial charge >= 0.3 is 0 Å². The number of anilines is 1. The van der Waals surface area contributed by atoms with Gasteiger partial charge in [0.15, 0.2) is 5.82 Å². The van der Waals surface area contributed by atoms with Crippen LogP contribution in [0.4, 0.5) is 14.5 Å². The summed E-state index contributed by atoms with van der Waals surface area (Å²) in [7, 11) is 1.55. The van der Waals surface area contributed by atoms with Crippen LogP contribution in [0.5, 0.6) is 0 Å². The van der Waals surface area contributed by atoms with E-state index in [1.54, 1.807) is 38.3 Å². The highest BCUT2D eigenvalue weighted by Gasteiger charge is 2.44. The van der Waals surface area contributed by atoms with Crippen molar-refractivity contribution in [3.63, 3.8) is 0 Å². The Kier molecular flexibility index (Phi) is 6.52. The lowest BCUT2D eigenvalue weighted by Crippen LogP contribution is -2.36. The summed E-state index contributed by atoms with van der Waals surface area (Å²) in [5.74, 6) is -0.932. The van der Waals surface area contributed by atoms with Crippen molar-refractivity contribution < 1.29 is 27.5 Å². The van der Waals surface area contributed by atoms with Crippen LogP contribution in [0, 0.1) is 18.6 Å². The van der Waals surface area contributed by atoms with Crippen molar-refractivity contribution in [2.75, 3.05) is 18.6 Å². The Bertz CT molecular complexity index is 1560. The monoisotopic (exact) mass is 522 g/mol. The van der Waals surface area contributed by atoms with E-state index in [0.717, 1.165) is 5.56 Å². The number of aromatic nitrogens is 2. The van der Waals surface area contributed by atoms with Crippen molar-refractivity contribution in [3.05, 3.63) is 82.4 Å². The summed E-state index contributed by atoms with van der Waals surface area (Å²) in [6, 6.07) is 11.0. The molecule has 1 aliphatic heterocycles. The molecule has 0 atom stereocenters. The fourth-order valence-electron chi connectivity index (χ4n) is 4.84. The molecule has 2 aromatic carbocycles. The maximum atomic E-state index is 15.0. The van der Waals surface area contributed by atoms with Gasteiger partial charge in [-0.2, -0.15) is 5.10 Å². The minimum atomic E-state index is -0.850. The molecule has 10 heteroatoms. The number of rotatable bonds is 8. The van der Waals surface area contributed by atoms with E-state index in [1.165, 1.54) is 27.8 Å². The summed E-state index contributed by atoms with van der Waals surface area (Å²) in [4.78, 5) is 28.0. The van der Waals surface area contributed by atoms with Gasteiger partial charge in [-0.3, -0.25) is 14.3 Å². The van der Waals surface area contributed by atoms with E-state index in [0.29, 0.717) is 41.1 Å². The van der Waals surface area contributed by atoms with Crippen molar-refractivity contribution in [1.82, 2.24) is 15.1 Å². The van der Waals surface area contributed by atoms with Crippen molar-refractivity contribution in [1.29, 1.82) is 0 Å². The second kappa shape index (κ2) is 9.68. The zero-order valence-electron chi connectivity index (χ0n) is 21.6. The summed E-state index contributed by atoms with van der Waals surface area (Å²) in [6.07, 6.45) is 0. The van der Waals surface area contributed by atoms with Gasteiger partial charge in [-0.15, -0.1) is 0 Å². The number of benzene rings is 2. The molecule has 4 aromatic rings. The Morgan fingerprint density at radius 3 is 2.71 bits per heavy atom. The average Bonchev–Trinajstić information content (AvgIpc) is 3.48. The molecule has 0 aliphatic carbocycles.